The van der Waals surface area contributed by atoms with Gasteiger partial charge in [-0.15, -0.1) is 0 Å². The van der Waals surface area contributed by atoms with Gasteiger partial charge in [-0.1, -0.05) is 0 Å². The molecule has 0 saturated heterocycles. The number of ether oxygens (including phenoxy) is 1. The van der Waals surface area contributed by atoms with Gasteiger partial charge in [0.2, 0.25) is 0 Å². The number of nitrogens with zero attached hydrogens (tertiary/aromatic N) is 2. The third kappa shape index (κ3) is 2.05. The molecule has 0 amide bonds. The van der Waals surface area contributed by atoms with E-state index < -0.39 is 12.5 Å². The number of fused-ring (bicyclic) bond motifs is 1. The van der Waals surface area contributed by atoms with E-state index in [0.29, 0.717) is 11.0 Å². The molecule has 16 heavy (non-hydrogen) atoms. The topological polar surface area (TPSA) is 50.8 Å². The predicted octanol–water partition coefficient (Wildman–Crippen LogP) is 2.19. The Morgan fingerprint density at radius 2 is 1.88 bits per heavy atom. The lowest BCUT2D eigenvalue weighted by molar-refractivity contribution is -0.236. The lowest BCUT2D eigenvalue weighted by Gasteiger charge is -2.13. The Hall–Kier alpha value is -1.86. The summed E-state index contributed by atoms with van der Waals surface area (Å²) in [4.78, 5) is 0. The first-order valence-electron chi connectivity index (χ1n) is 4.15. The molecule has 1 aromatic heterocycles. The molecule has 0 fully saturated rings. The first kappa shape index (κ1) is 10.7. The van der Waals surface area contributed by atoms with E-state index in [9.17, 15) is 17.6 Å². The zero-order valence-corrected chi connectivity index (χ0v) is 7.62. The summed E-state index contributed by atoms with van der Waals surface area (Å²) in [5.41, 5.74) is 0.752. The molecule has 1 atom stereocenters. The summed E-state index contributed by atoms with van der Waals surface area (Å²) in [7, 11) is 0. The fraction of sp³-hybridized carbons (Fsp3) is 0.250. The zero-order chi connectivity index (χ0) is 11.8. The minimum Gasteiger partial charge on any atom is -0.452 e. The van der Waals surface area contributed by atoms with Crippen molar-refractivity contribution < 1.29 is 22.3 Å². The van der Waals surface area contributed by atoms with Crippen LogP contribution in [0.5, 0.6) is 5.75 Å². The zero-order valence-electron chi connectivity index (χ0n) is 7.62. The van der Waals surface area contributed by atoms with Crippen LogP contribution in [0.15, 0.2) is 18.2 Å². The Morgan fingerprint density at radius 1 is 1.19 bits per heavy atom. The van der Waals surface area contributed by atoms with E-state index in [4.69, 9.17) is 0 Å². The number of nitrogens with one attached hydrogen (secondary N) is 1. The van der Waals surface area contributed by atoms with Crippen molar-refractivity contribution in [2.45, 2.75) is 12.5 Å². The molecule has 2 rings (SSSR count). The summed E-state index contributed by atoms with van der Waals surface area (Å²) in [6.45, 7) is 0. The Labute approximate surface area is 86.2 Å². The Bertz CT molecular complexity index is 495. The van der Waals surface area contributed by atoms with Crippen LogP contribution in [0.3, 0.4) is 0 Å². The molecular formula is C8H5F4N3O. The van der Waals surface area contributed by atoms with E-state index in [1.807, 2.05) is 0 Å². The maximum absolute atomic E-state index is 12.5. The molecule has 0 spiro atoms. The molecule has 0 saturated carbocycles. The van der Waals surface area contributed by atoms with Gasteiger partial charge < -0.3 is 4.74 Å². The fourth-order valence-electron chi connectivity index (χ4n) is 1.08. The maximum atomic E-state index is 12.5. The van der Waals surface area contributed by atoms with Gasteiger partial charge in [0.1, 0.15) is 16.8 Å². The molecule has 1 unspecified atom stereocenters. The highest BCUT2D eigenvalue weighted by atomic mass is 19.4. The second kappa shape index (κ2) is 3.62. The SMILES string of the molecule is FC(Oc1ccc2n[nH]nc2c1)C(F)(F)F. The average Bonchev–Trinajstić information content (AvgIpc) is 2.63. The van der Waals surface area contributed by atoms with E-state index in [-0.39, 0.29) is 5.75 Å². The third-order valence-corrected chi connectivity index (χ3v) is 1.78. The lowest BCUT2D eigenvalue weighted by atomic mass is 10.3. The summed E-state index contributed by atoms with van der Waals surface area (Å²) < 4.78 is 52.2. The van der Waals surface area contributed by atoms with Crippen LogP contribution in [0.2, 0.25) is 0 Å². The highest BCUT2D eigenvalue weighted by molar-refractivity contribution is 5.75. The summed E-state index contributed by atoms with van der Waals surface area (Å²) in [6.07, 6.45) is -8.39. The molecule has 8 heteroatoms. The first-order valence-corrected chi connectivity index (χ1v) is 4.15. The molecule has 1 heterocycles. The van der Waals surface area contributed by atoms with Crippen molar-refractivity contribution in [2.24, 2.45) is 0 Å². The molecule has 0 bridgehead atoms. The number of H-pyrrole nitrogens is 1. The molecular weight excluding hydrogens is 230 g/mol. The van der Waals surface area contributed by atoms with Crippen molar-refractivity contribution in [1.82, 2.24) is 15.4 Å². The summed E-state index contributed by atoms with van der Waals surface area (Å²) in [6, 6.07) is 3.72. The third-order valence-electron chi connectivity index (χ3n) is 1.78. The van der Waals surface area contributed by atoms with Crippen molar-refractivity contribution in [3.05, 3.63) is 18.2 Å². The van der Waals surface area contributed by atoms with Gasteiger partial charge >= 0.3 is 12.5 Å². The quantitative estimate of drug-likeness (QED) is 0.811. The molecule has 0 aliphatic carbocycles. The van der Waals surface area contributed by atoms with Gasteiger partial charge in [-0.3, -0.25) is 0 Å². The molecule has 0 aliphatic heterocycles. The highest BCUT2D eigenvalue weighted by Gasteiger charge is 2.42. The second-order valence-corrected chi connectivity index (χ2v) is 2.95. The van der Waals surface area contributed by atoms with Crippen LogP contribution >= 0.6 is 0 Å². The van der Waals surface area contributed by atoms with Gasteiger partial charge in [-0.2, -0.15) is 33.0 Å². The van der Waals surface area contributed by atoms with Gasteiger partial charge in [0.05, 0.1) is 0 Å². The number of hydrogen-bond acceptors (Lipinski definition) is 3. The van der Waals surface area contributed by atoms with E-state index in [0.717, 1.165) is 6.07 Å². The first-order chi connectivity index (χ1) is 7.47. The monoisotopic (exact) mass is 235 g/mol. The summed E-state index contributed by atoms with van der Waals surface area (Å²) in [5, 5.41) is 9.59. The summed E-state index contributed by atoms with van der Waals surface area (Å²) in [5.74, 6) is -0.258. The van der Waals surface area contributed by atoms with Crippen LogP contribution in [0, 0.1) is 0 Å². The van der Waals surface area contributed by atoms with E-state index in [1.54, 1.807) is 0 Å². The number of halogens is 4. The molecule has 2 aromatic rings. The number of aromatic amines is 1. The number of aromatic nitrogens is 3. The number of alkyl halides is 4. The van der Waals surface area contributed by atoms with Gasteiger partial charge in [0.15, 0.2) is 0 Å². The standard InChI is InChI=1S/C8H5F4N3O/c9-7(8(10,11)12)16-4-1-2-5-6(3-4)14-15-13-5/h1-3,7H,(H,13,14,15). The predicted molar refractivity (Wildman–Crippen MR) is 45.5 cm³/mol. The van der Waals surface area contributed by atoms with Crippen molar-refractivity contribution in [3.63, 3.8) is 0 Å². The summed E-state index contributed by atoms with van der Waals surface area (Å²) >= 11 is 0. The van der Waals surface area contributed by atoms with E-state index >= 15 is 0 Å². The fourth-order valence-corrected chi connectivity index (χ4v) is 1.08. The molecule has 4 nitrogen and oxygen atoms in total. The highest BCUT2D eigenvalue weighted by Crippen LogP contribution is 2.27. The van der Waals surface area contributed by atoms with Gasteiger partial charge in [0, 0.05) is 6.07 Å². The minimum absolute atomic E-state index is 0.258. The Morgan fingerprint density at radius 3 is 2.56 bits per heavy atom. The van der Waals surface area contributed by atoms with Crippen molar-refractivity contribution in [3.8, 4) is 5.75 Å². The van der Waals surface area contributed by atoms with Gasteiger partial charge in [-0.05, 0) is 12.1 Å². The Kier molecular flexibility index (Phi) is 2.41. The smallest absolute Gasteiger partial charge is 0.452 e. The van der Waals surface area contributed by atoms with Crippen molar-refractivity contribution >= 4 is 11.0 Å². The van der Waals surface area contributed by atoms with Crippen LogP contribution in [0.25, 0.3) is 11.0 Å². The molecule has 86 valence electrons. The molecule has 1 N–H and O–H groups in total. The van der Waals surface area contributed by atoms with Crippen LogP contribution in [-0.2, 0) is 0 Å². The van der Waals surface area contributed by atoms with Crippen LogP contribution in [0.1, 0.15) is 0 Å². The van der Waals surface area contributed by atoms with Gasteiger partial charge in [-0.25, -0.2) is 0 Å². The number of benzene rings is 1. The van der Waals surface area contributed by atoms with E-state index in [2.05, 4.69) is 20.1 Å². The molecule has 1 aromatic carbocycles. The van der Waals surface area contributed by atoms with Crippen LogP contribution in [0.4, 0.5) is 17.6 Å². The number of rotatable bonds is 2. The normalized spacial score (nSPS) is 14.0. The van der Waals surface area contributed by atoms with Crippen molar-refractivity contribution in [2.75, 3.05) is 0 Å². The van der Waals surface area contributed by atoms with Crippen LogP contribution in [-0.4, -0.2) is 27.9 Å². The number of hydrogen-bond donors (Lipinski definition) is 1. The largest absolute Gasteiger partial charge is 0.457 e. The molecule has 0 aliphatic rings. The van der Waals surface area contributed by atoms with Crippen LogP contribution < -0.4 is 4.74 Å². The Balaban J connectivity index is 2.21. The van der Waals surface area contributed by atoms with Gasteiger partial charge in [0.25, 0.3) is 0 Å². The average molecular weight is 235 g/mol. The van der Waals surface area contributed by atoms with Crippen molar-refractivity contribution in [1.29, 1.82) is 0 Å². The maximum Gasteiger partial charge on any atom is 0.457 e. The van der Waals surface area contributed by atoms with E-state index in [1.165, 1.54) is 12.1 Å². The minimum atomic E-state index is -5.04. The second-order valence-electron chi connectivity index (χ2n) is 2.95. The lowest BCUT2D eigenvalue weighted by Crippen LogP contribution is -2.29. The molecule has 0 radical (unpaired) electrons.